The van der Waals surface area contributed by atoms with E-state index in [9.17, 15) is 4.79 Å². The van der Waals surface area contributed by atoms with Crippen molar-refractivity contribution in [1.29, 1.82) is 0 Å². The lowest BCUT2D eigenvalue weighted by Crippen LogP contribution is -2.22. The third-order valence-corrected chi connectivity index (χ3v) is 3.53. The number of carbonyl (C=O) groups excluding carboxylic acids is 1. The molecule has 0 radical (unpaired) electrons. The van der Waals surface area contributed by atoms with Crippen LogP contribution in [0.15, 0.2) is 48.8 Å². The molecule has 3 heteroatoms. The largest absolute Gasteiger partial charge is 0.348 e. The monoisotopic (exact) mass is 268 g/mol. The van der Waals surface area contributed by atoms with Gasteiger partial charge in [0.2, 0.25) is 0 Å². The number of hydrogen-bond acceptors (Lipinski definition) is 2. The van der Waals surface area contributed by atoms with Gasteiger partial charge in [0.15, 0.2) is 0 Å². The van der Waals surface area contributed by atoms with Crippen molar-refractivity contribution >= 4 is 5.91 Å². The molecule has 1 heterocycles. The second-order valence-corrected chi connectivity index (χ2v) is 4.98. The quantitative estimate of drug-likeness (QED) is 0.901. The fraction of sp³-hybridized carbons (Fsp3) is 0.294. The second kappa shape index (κ2) is 6.85. The number of nitrogens with zero attached hydrogens (tertiary/aromatic N) is 1. The summed E-state index contributed by atoms with van der Waals surface area (Å²) in [5.41, 5.74) is 2.97. The van der Waals surface area contributed by atoms with E-state index in [0.29, 0.717) is 18.0 Å². The van der Waals surface area contributed by atoms with Crippen LogP contribution in [0, 0.1) is 0 Å². The molecule has 1 amide bonds. The number of pyridine rings is 1. The van der Waals surface area contributed by atoms with E-state index in [2.05, 4.69) is 24.1 Å². The van der Waals surface area contributed by atoms with Gasteiger partial charge in [0, 0.05) is 24.5 Å². The first-order valence-corrected chi connectivity index (χ1v) is 6.97. The lowest BCUT2D eigenvalue weighted by molar-refractivity contribution is 0.0951. The molecule has 1 unspecified atom stereocenters. The zero-order valence-corrected chi connectivity index (χ0v) is 12.0. The third-order valence-electron chi connectivity index (χ3n) is 3.53. The number of rotatable bonds is 5. The van der Waals surface area contributed by atoms with Crippen molar-refractivity contribution in [3.05, 3.63) is 65.5 Å². The summed E-state index contributed by atoms with van der Waals surface area (Å²) in [6.07, 6.45) is 4.58. The molecule has 0 spiro atoms. The molecule has 0 bridgehead atoms. The fourth-order valence-electron chi connectivity index (χ4n) is 1.99. The Hall–Kier alpha value is -2.16. The molecule has 104 valence electrons. The number of carbonyl (C=O) groups is 1. The van der Waals surface area contributed by atoms with Crippen molar-refractivity contribution in [1.82, 2.24) is 10.3 Å². The second-order valence-electron chi connectivity index (χ2n) is 4.98. The van der Waals surface area contributed by atoms with Crippen LogP contribution < -0.4 is 5.32 Å². The smallest absolute Gasteiger partial charge is 0.251 e. The lowest BCUT2D eigenvalue weighted by atomic mass is 9.97. The van der Waals surface area contributed by atoms with Crippen LogP contribution >= 0.6 is 0 Å². The number of hydrogen-bond donors (Lipinski definition) is 1. The van der Waals surface area contributed by atoms with Crippen molar-refractivity contribution in [2.24, 2.45) is 0 Å². The summed E-state index contributed by atoms with van der Waals surface area (Å²) < 4.78 is 0. The van der Waals surface area contributed by atoms with Crippen LogP contribution in [-0.2, 0) is 6.54 Å². The van der Waals surface area contributed by atoms with Crippen LogP contribution in [-0.4, -0.2) is 10.9 Å². The van der Waals surface area contributed by atoms with Crippen molar-refractivity contribution in [3.63, 3.8) is 0 Å². The number of benzene rings is 1. The van der Waals surface area contributed by atoms with E-state index in [1.165, 1.54) is 5.56 Å². The predicted molar refractivity (Wildman–Crippen MR) is 80.6 cm³/mol. The molecular formula is C17H20N2O. The average molecular weight is 268 g/mol. The first kappa shape index (κ1) is 14.3. The Morgan fingerprint density at radius 3 is 2.60 bits per heavy atom. The maximum Gasteiger partial charge on any atom is 0.251 e. The van der Waals surface area contributed by atoms with Gasteiger partial charge in [0.25, 0.3) is 5.91 Å². The van der Waals surface area contributed by atoms with E-state index in [1.807, 2.05) is 36.4 Å². The molecule has 0 aliphatic heterocycles. The summed E-state index contributed by atoms with van der Waals surface area (Å²) in [4.78, 5) is 16.1. The Kier molecular flexibility index (Phi) is 4.88. The maximum absolute atomic E-state index is 12.0. The molecule has 1 aromatic carbocycles. The summed E-state index contributed by atoms with van der Waals surface area (Å²) in [7, 11) is 0. The SMILES string of the molecule is CCC(C)c1ccc(C(=O)NCc2cccnc2)cc1. The van der Waals surface area contributed by atoms with E-state index in [4.69, 9.17) is 0 Å². The minimum atomic E-state index is -0.0513. The molecule has 1 aromatic heterocycles. The maximum atomic E-state index is 12.0. The zero-order valence-electron chi connectivity index (χ0n) is 12.0. The summed E-state index contributed by atoms with van der Waals surface area (Å²) in [6.45, 7) is 4.86. The van der Waals surface area contributed by atoms with Gasteiger partial charge < -0.3 is 5.32 Å². The minimum Gasteiger partial charge on any atom is -0.348 e. The molecule has 0 fully saturated rings. The summed E-state index contributed by atoms with van der Waals surface area (Å²) >= 11 is 0. The van der Waals surface area contributed by atoms with Crippen LogP contribution in [0.3, 0.4) is 0 Å². The van der Waals surface area contributed by atoms with Crippen LogP contribution in [0.4, 0.5) is 0 Å². The van der Waals surface area contributed by atoms with Crippen LogP contribution in [0.1, 0.15) is 47.7 Å². The van der Waals surface area contributed by atoms with Crippen molar-refractivity contribution in [2.45, 2.75) is 32.7 Å². The van der Waals surface area contributed by atoms with Crippen LogP contribution in [0.5, 0.6) is 0 Å². The first-order valence-electron chi connectivity index (χ1n) is 6.97. The van der Waals surface area contributed by atoms with E-state index in [0.717, 1.165) is 12.0 Å². The van der Waals surface area contributed by atoms with Gasteiger partial charge in [-0.05, 0) is 41.7 Å². The van der Waals surface area contributed by atoms with Crippen LogP contribution in [0.25, 0.3) is 0 Å². The van der Waals surface area contributed by atoms with E-state index in [1.54, 1.807) is 12.4 Å². The normalized spacial score (nSPS) is 11.9. The van der Waals surface area contributed by atoms with Gasteiger partial charge in [0.05, 0.1) is 0 Å². The molecule has 0 aliphatic carbocycles. The molecule has 2 aromatic rings. The fourth-order valence-corrected chi connectivity index (χ4v) is 1.99. The molecule has 1 N–H and O–H groups in total. The van der Waals surface area contributed by atoms with Gasteiger partial charge in [-0.3, -0.25) is 9.78 Å². The van der Waals surface area contributed by atoms with Gasteiger partial charge in [-0.2, -0.15) is 0 Å². The highest BCUT2D eigenvalue weighted by Gasteiger charge is 2.07. The first-order chi connectivity index (χ1) is 9.70. The molecule has 1 atom stereocenters. The Morgan fingerprint density at radius 2 is 2.00 bits per heavy atom. The van der Waals surface area contributed by atoms with E-state index in [-0.39, 0.29) is 5.91 Å². The van der Waals surface area contributed by atoms with Gasteiger partial charge in [0.1, 0.15) is 0 Å². The summed E-state index contributed by atoms with van der Waals surface area (Å²) in [5, 5.41) is 2.90. The highest BCUT2D eigenvalue weighted by molar-refractivity contribution is 5.94. The molecule has 0 aliphatic rings. The summed E-state index contributed by atoms with van der Waals surface area (Å²) in [5.74, 6) is 0.479. The Bertz CT molecular complexity index is 549. The van der Waals surface area contributed by atoms with Gasteiger partial charge in [-0.25, -0.2) is 0 Å². The van der Waals surface area contributed by atoms with Crippen LogP contribution in [0.2, 0.25) is 0 Å². The van der Waals surface area contributed by atoms with Crippen molar-refractivity contribution in [3.8, 4) is 0 Å². The Morgan fingerprint density at radius 1 is 1.25 bits per heavy atom. The molecule has 0 saturated heterocycles. The molecule has 20 heavy (non-hydrogen) atoms. The molecular weight excluding hydrogens is 248 g/mol. The number of aromatic nitrogens is 1. The number of amides is 1. The standard InChI is InChI=1S/C17H20N2O/c1-3-13(2)15-6-8-16(9-7-15)17(20)19-12-14-5-4-10-18-11-14/h4-11,13H,3,12H2,1-2H3,(H,19,20). The number of nitrogens with one attached hydrogen (secondary N) is 1. The average Bonchev–Trinajstić information content (AvgIpc) is 2.53. The highest BCUT2D eigenvalue weighted by atomic mass is 16.1. The predicted octanol–water partition coefficient (Wildman–Crippen LogP) is 3.53. The van der Waals surface area contributed by atoms with Gasteiger partial charge in [-0.15, -0.1) is 0 Å². The molecule has 0 saturated carbocycles. The molecule has 2 rings (SSSR count). The molecule has 3 nitrogen and oxygen atoms in total. The van der Waals surface area contributed by atoms with Crippen molar-refractivity contribution < 1.29 is 4.79 Å². The van der Waals surface area contributed by atoms with Gasteiger partial charge in [-0.1, -0.05) is 32.0 Å². The topological polar surface area (TPSA) is 42.0 Å². The van der Waals surface area contributed by atoms with E-state index < -0.39 is 0 Å². The Labute approximate surface area is 120 Å². The highest BCUT2D eigenvalue weighted by Crippen LogP contribution is 2.18. The Balaban J connectivity index is 1.96. The zero-order chi connectivity index (χ0) is 14.4. The minimum absolute atomic E-state index is 0.0513. The lowest BCUT2D eigenvalue weighted by Gasteiger charge is -2.10. The van der Waals surface area contributed by atoms with Gasteiger partial charge >= 0.3 is 0 Å². The summed E-state index contributed by atoms with van der Waals surface area (Å²) in [6, 6.07) is 11.7. The van der Waals surface area contributed by atoms with E-state index >= 15 is 0 Å². The third kappa shape index (κ3) is 3.67. The van der Waals surface area contributed by atoms with Crippen molar-refractivity contribution in [2.75, 3.05) is 0 Å².